The van der Waals surface area contributed by atoms with Crippen molar-refractivity contribution in [1.82, 2.24) is 10.3 Å². The van der Waals surface area contributed by atoms with Gasteiger partial charge in [0.1, 0.15) is 10.4 Å². The number of aromatic nitrogens is 1. The van der Waals surface area contributed by atoms with E-state index in [2.05, 4.69) is 21.7 Å². The van der Waals surface area contributed by atoms with E-state index < -0.39 is 11.0 Å². The quantitative estimate of drug-likeness (QED) is 0.864. The normalized spacial score (nSPS) is 18.3. The van der Waals surface area contributed by atoms with Gasteiger partial charge < -0.3 is 10.1 Å². The Bertz CT molecular complexity index is 681. The fourth-order valence-electron chi connectivity index (χ4n) is 3.05. The first-order valence-corrected chi connectivity index (χ1v) is 8.57. The van der Waals surface area contributed by atoms with Crippen LogP contribution in [0.2, 0.25) is 0 Å². The number of ether oxygens (including phenoxy) is 1. The van der Waals surface area contributed by atoms with Gasteiger partial charge in [-0.25, -0.2) is 4.98 Å². The van der Waals surface area contributed by atoms with Crippen LogP contribution in [-0.2, 0) is 14.9 Å². The molecule has 0 bridgehead atoms. The molecule has 2 aromatic rings. The summed E-state index contributed by atoms with van der Waals surface area (Å²) in [6.45, 7) is 7.43. The number of carbonyl (C=O) groups is 1. The molecule has 1 aliphatic heterocycles. The lowest BCUT2D eigenvalue weighted by molar-refractivity contribution is -0.163. The molecule has 5 heteroatoms. The van der Waals surface area contributed by atoms with Gasteiger partial charge in [-0.05, 0) is 63.7 Å². The fraction of sp³-hybridized carbons (Fsp3) is 0.529. The summed E-state index contributed by atoms with van der Waals surface area (Å²) in [5.41, 5.74) is 0.0510. The lowest BCUT2D eigenvalue weighted by Gasteiger charge is -2.37. The summed E-state index contributed by atoms with van der Waals surface area (Å²) in [7, 11) is 0. The highest BCUT2D eigenvalue weighted by Gasteiger charge is 2.45. The molecule has 3 rings (SSSR count). The Balaban J connectivity index is 2.08. The average molecular weight is 318 g/mol. The number of piperidine rings is 1. The van der Waals surface area contributed by atoms with Crippen LogP contribution in [0.15, 0.2) is 23.7 Å². The monoisotopic (exact) mass is 318 g/mol. The average Bonchev–Trinajstić information content (AvgIpc) is 2.90. The third-order valence-electron chi connectivity index (χ3n) is 4.11. The minimum Gasteiger partial charge on any atom is -0.459 e. The number of nitrogens with one attached hydrogen (secondary N) is 1. The van der Waals surface area contributed by atoms with Gasteiger partial charge in [0, 0.05) is 11.6 Å². The Morgan fingerprint density at radius 3 is 2.77 bits per heavy atom. The van der Waals surface area contributed by atoms with Crippen LogP contribution >= 0.6 is 11.3 Å². The molecule has 0 saturated carbocycles. The van der Waals surface area contributed by atoms with E-state index in [0.717, 1.165) is 41.7 Å². The molecule has 22 heavy (non-hydrogen) atoms. The number of hydrogen-bond donors (Lipinski definition) is 1. The molecule has 0 unspecified atom stereocenters. The van der Waals surface area contributed by atoms with Crippen molar-refractivity contribution in [3.63, 3.8) is 0 Å². The summed E-state index contributed by atoms with van der Waals surface area (Å²) < 4.78 is 5.77. The molecule has 3 heterocycles. The molecule has 0 spiro atoms. The predicted octanol–water partition coefficient (Wildman–Crippen LogP) is 3.26. The molecular formula is C17H22N2O2S. The van der Waals surface area contributed by atoms with Crippen LogP contribution in [-0.4, -0.2) is 29.6 Å². The summed E-state index contributed by atoms with van der Waals surface area (Å²) in [5, 5.41) is 6.52. The first-order valence-electron chi connectivity index (χ1n) is 7.69. The predicted molar refractivity (Wildman–Crippen MR) is 89.2 cm³/mol. The topological polar surface area (TPSA) is 51.2 Å². The summed E-state index contributed by atoms with van der Waals surface area (Å²) in [6, 6.07) is 3.99. The molecule has 2 aromatic heterocycles. The highest BCUT2D eigenvalue weighted by atomic mass is 32.1. The van der Waals surface area contributed by atoms with Crippen LogP contribution in [0.1, 0.15) is 39.2 Å². The summed E-state index contributed by atoms with van der Waals surface area (Å²) in [4.78, 5) is 18.4. The van der Waals surface area contributed by atoms with Gasteiger partial charge in [-0.15, -0.1) is 11.3 Å². The number of hydrogen-bond acceptors (Lipinski definition) is 5. The Labute approximate surface area is 134 Å². The van der Waals surface area contributed by atoms with E-state index in [1.807, 2.05) is 26.8 Å². The Morgan fingerprint density at radius 1 is 1.36 bits per heavy atom. The number of fused-ring (bicyclic) bond motifs is 1. The van der Waals surface area contributed by atoms with Crippen molar-refractivity contribution < 1.29 is 9.53 Å². The van der Waals surface area contributed by atoms with Crippen LogP contribution in [0.3, 0.4) is 0 Å². The van der Waals surface area contributed by atoms with Crippen LogP contribution in [0.5, 0.6) is 0 Å². The van der Waals surface area contributed by atoms with E-state index in [1.54, 1.807) is 17.5 Å². The van der Waals surface area contributed by atoms with Crippen LogP contribution in [0.25, 0.3) is 10.2 Å². The molecule has 4 nitrogen and oxygen atoms in total. The zero-order chi connectivity index (χ0) is 15.8. The smallest absolute Gasteiger partial charge is 0.317 e. The van der Waals surface area contributed by atoms with Crippen molar-refractivity contribution in [2.45, 2.75) is 44.6 Å². The molecule has 1 aliphatic rings. The maximum absolute atomic E-state index is 13.0. The van der Waals surface area contributed by atoms with Gasteiger partial charge in [0.2, 0.25) is 0 Å². The lowest BCUT2D eigenvalue weighted by Crippen LogP contribution is -2.48. The van der Waals surface area contributed by atoms with Crippen molar-refractivity contribution in [3.8, 4) is 0 Å². The number of thiophene rings is 1. The highest BCUT2D eigenvalue weighted by molar-refractivity contribution is 7.17. The third kappa shape index (κ3) is 2.75. The Hall–Kier alpha value is -1.46. The summed E-state index contributed by atoms with van der Waals surface area (Å²) >= 11 is 1.60. The molecule has 0 amide bonds. The van der Waals surface area contributed by atoms with E-state index in [0.29, 0.717) is 0 Å². The van der Waals surface area contributed by atoms with Gasteiger partial charge in [-0.2, -0.15) is 0 Å². The van der Waals surface area contributed by atoms with Crippen molar-refractivity contribution in [1.29, 1.82) is 0 Å². The maximum atomic E-state index is 13.0. The third-order valence-corrected chi connectivity index (χ3v) is 5.01. The molecule has 0 aliphatic carbocycles. The fourth-order valence-corrected chi connectivity index (χ4v) is 4.06. The lowest BCUT2D eigenvalue weighted by atomic mass is 9.73. The minimum absolute atomic E-state index is 0.106. The van der Waals surface area contributed by atoms with E-state index in [-0.39, 0.29) is 5.97 Å². The van der Waals surface area contributed by atoms with E-state index in [4.69, 9.17) is 4.74 Å². The van der Waals surface area contributed by atoms with Crippen LogP contribution in [0.4, 0.5) is 0 Å². The number of nitrogens with zero attached hydrogens (tertiary/aromatic N) is 1. The van der Waals surface area contributed by atoms with Gasteiger partial charge in [0.05, 0.1) is 5.41 Å². The van der Waals surface area contributed by atoms with Gasteiger partial charge in [0.25, 0.3) is 0 Å². The van der Waals surface area contributed by atoms with E-state index in [9.17, 15) is 4.79 Å². The van der Waals surface area contributed by atoms with Crippen LogP contribution < -0.4 is 5.32 Å². The highest BCUT2D eigenvalue weighted by Crippen LogP contribution is 2.41. The molecule has 1 saturated heterocycles. The SMILES string of the molecule is CC(C)(C)OC(=O)C1(c2csc3ncccc23)CCNCC1. The molecular weight excluding hydrogens is 296 g/mol. The first kappa shape index (κ1) is 15.4. The number of pyridine rings is 1. The van der Waals surface area contributed by atoms with Crippen molar-refractivity contribution in [2.75, 3.05) is 13.1 Å². The van der Waals surface area contributed by atoms with E-state index >= 15 is 0 Å². The number of rotatable bonds is 2. The first-order chi connectivity index (χ1) is 10.4. The molecule has 1 fully saturated rings. The van der Waals surface area contributed by atoms with Crippen molar-refractivity contribution >= 4 is 27.5 Å². The van der Waals surface area contributed by atoms with Gasteiger partial charge >= 0.3 is 5.97 Å². The number of carbonyl (C=O) groups excluding carboxylic acids is 1. The van der Waals surface area contributed by atoms with Gasteiger partial charge in [-0.3, -0.25) is 4.79 Å². The van der Waals surface area contributed by atoms with Crippen molar-refractivity contribution in [3.05, 3.63) is 29.3 Å². The van der Waals surface area contributed by atoms with Gasteiger partial charge in [-0.1, -0.05) is 6.07 Å². The zero-order valence-electron chi connectivity index (χ0n) is 13.3. The van der Waals surface area contributed by atoms with Crippen LogP contribution in [0, 0.1) is 0 Å². The molecule has 0 radical (unpaired) electrons. The zero-order valence-corrected chi connectivity index (χ0v) is 14.1. The summed E-state index contributed by atoms with van der Waals surface area (Å²) in [6.07, 6.45) is 3.33. The van der Waals surface area contributed by atoms with Gasteiger partial charge in [0.15, 0.2) is 0 Å². The standard InChI is InChI=1S/C17H22N2O2S/c1-16(2,3)21-15(20)17(6-9-18-10-7-17)13-11-22-14-12(13)5-4-8-19-14/h4-5,8,11,18H,6-7,9-10H2,1-3H3. The molecule has 1 N–H and O–H groups in total. The maximum Gasteiger partial charge on any atom is 0.317 e. The second kappa shape index (κ2) is 5.63. The van der Waals surface area contributed by atoms with Crippen molar-refractivity contribution in [2.24, 2.45) is 0 Å². The molecule has 0 atom stereocenters. The Kier molecular flexibility index (Phi) is 3.95. The Morgan fingerprint density at radius 2 is 2.09 bits per heavy atom. The second-order valence-corrected chi connectivity index (χ2v) is 7.70. The largest absolute Gasteiger partial charge is 0.459 e. The number of esters is 1. The summed E-state index contributed by atoms with van der Waals surface area (Å²) in [5.74, 6) is -0.106. The molecule has 0 aromatic carbocycles. The molecule has 118 valence electrons. The van der Waals surface area contributed by atoms with E-state index in [1.165, 1.54) is 0 Å². The minimum atomic E-state index is -0.556. The second-order valence-electron chi connectivity index (χ2n) is 6.84.